The van der Waals surface area contributed by atoms with Gasteiger partial charge in [-0.1, -0.05) is 48.5 Å². The van der Waals surface area contributed by atoms with Crippen molar-refractivity contribution in [1.82, 2.24) is 15.0 Å². The molecular weight excluding hydrogens is 602 g/mol. The van der Waals surface area contributed by atoms with Gasteiger partial charge in [-0.25, -0.2) is 0 Å². The van der Waals surface area contributed by atoms with Crippen LogP contribution in [0.2, 0.25) is 0 Å². The molecule has 2 fully saturated rings. The molecule has 8 rings (SSSR count). The van der Waals surface area contributed by atoms with E-state index >= 15 is 0 Å². The average Bonchev–Trinajstić information content (AvgIpc) is 3.45. The number of fused-ring (bicyclic) bond motifs is 5. The second kappa shape index (κ2) is 10.7. The molecule has 47 heavy (non-hydrogen) atoms. The van der Waals surface area contributed by atoms with Gasteiger partial charge < -0.3 is 29.7 Å². The van der Waals surface area contributed by atoms with E-state index in [1.165, 1.54) is 0 Å². The largest absolute Gasteiger partial charge is 0.507 e. The van der Waals surface area contributed by atoms with Crippen LogP contribution in [0.4, 0.5) is 0 Å². The number of Topliss-reactive ketones (excluding diaryl/α,β-unsaturated/α-hetero) is 2. The van der Waals surface area contributed by atoms with Crippen LogP contribution < -0.4 is 4.74 Å². The highest BCUT2D eigenvalue weighted by molar-refractivity contribution is 6.26. The number of ketones is 2. The summed E-state index contributed by atoms with van der Waals surface area (Å²) < 4.78 is 11.6. The predicted octanol–water partition coefficient (Wildman–Crippen LogP) is 3.55. The first-order valence-electron chi connectivity index (χ1n) is 15.8. The SMILES string of the molecule is CN(C)[C@@H]1c2onc(OCc3ccccc3)c2C(=O)[C@@]2(O)C(=O)C3=C(O)c4c(cc5ccc(CN6CC(O)C6)cc5c4O)C[C@H]3C[C@@H]12. The quantitative estimate of drug-likeness (QED) is 0.229. The van der Waals surface area contributed by atoms with Gasteiger partial charge in [0.2, 0.25) is 11.6 Å². The van der Waals surface area contributed by atoms with Crippen molar-refractivity contribution in [2.45, 2.75) is 43.7 Å². The maximum absolute atomic E-state index is 14.4. The highest BCUT2D eigenvalue weighted by Crippen LogP contribution is 2.56. The molecule has 0 spiro atoms. The van der Waals surface area contributed by atoms with Gasteiger partial charge >= 0.3 is 0 Å². The van der Waals surface area contributed by atoms with E-state index in [0.717, 1.165) is 16.5 Å². The minimum absolute atomic E-state index is 0.0610. The molecule has 0 radical (unpaired) electrons. The molecule has 4 aromatic rings. The maximum atomic E-state index is 14.4. The van der Waals surface area contributed by atoms with Gasteiger partial charge in [-0.05, 0) is 66.2 Å². The lowest BCUT2D eigenvalue weighted by atomic mass is 9.57. The highest BCUT2D eigenvalue weighted by Gasteiger charge is 2.65. The summed E-state index contributed by atoms with van der Waals surface area (Å²) in [5.41, 5.74) is -0.0777. The smallest absolute Gasteiger partial charge is 0.265 e. The minimum Gasteiger partial charge on any atom is -0.507 e. The topological polar surface area (TPSA) is 157 Å². The molecule has 0 bridgehead atoms. The molecule has 1 saturated carbocycles. The first kappa shape index (κ1) is 29.8. The monoisotopic (exact) mass is 637 g/mol. The summed E-state index contributed by atoms with van der Waals surface area (Å²) in [6.45, 7) is 1.86. The summed E-state index contributed by atoms with van der Waals surface area (Å²) in [7, 11) is 3.56. The summed E-state index contributed by atoms with van der Waals surface area (Å²) in [5, 5.41) is 50.5. The van der Waals surface area contributed by atoms with Gasteiger partial charge in [-0.3, -0.25) is 19.4 Å². The van der Waals surface area contributed by atoms with Crippen molar-refractivity contribution in [1.29, 1.82) is 0 Å². The number of ether oxygens (including phenoxy) is 1. The van der Waals surface area contributed by atoms with Crippen molar-refractivity contribution in [3.63, 3.8) is 0 Å². The molecule has 1 saturated heterocycles. The number of rotatable bonds is 6. The molecule has 1 aromatic heterocycles. The van der Waals surface area contributed by atoms with Crippen molar-refractivity contribution >= 4 is 28.1 Å². The van der Waals surface area contributed by atoms with Crippen LogP contribution in [0.5, 0.6) is 11.6 Å². The second-order valence-corrected chi connectivity index (χ2v) is 13.5. The predicted molar refractivity (Wildman–Crippen MR) is 170 cm³/mol. The molecule has 4 atom stereocenters. The Kier molecular flexibility index (Phi) is 6.82. The van der Waals surface area contributed by atoms with Crippen LogP contribution in [0, 0.1) is 11.8 Å². The fraction of sp³-hybridized carbons (Fsp3) is 0.361. The van der Waals surface area contributed by atoms with Gasteiger partial charge in [-0.2, -0.15) is 0 Å². The van der Waals surface area contributed by atoms with Crippen molar-refractivity contribution in [2.24, 2.45) is 11.8 Å². The number of aliphatic hydroxyl groups is 3. The lowest BCUT2D eigenvalue weighted by molar-refractivity contribution is -0.142. The normalized spacial score (nSPS) is 25.8. The first-order valence-corrected chi connectivity index (χ1v) is 15.8. The fourth-order valence-corrected chi connectivity index (χ4v) is 8.09. The second-order valence-electron chi connectivity index (χ2n) is 13.5. The zero-order valence-corrected chi connectivity index (χ0v) is 26.0. The van der Waals surface area contributed by atoms with Gasteiger partial charge in [0, 0.05) is 36.5 Å². The summed E-state index contributed by atoms with van der Waals surface area (Å²) >= 11 is 0. The van der Waals surface area contributed by atoms with Crippen LogP contribution in [0.25, 0.3) is 16.5 Å². The number of nitrogens with zero attached hydrogens (tertiary/aromatic N) is 3. The third-order valence-electron chi connectivity index (χ3n) is 10.3. The molecule has 3 aliphatic carbocycles. The molecule has 4 aliphatic rings. The number of aromatic hydroxyl groups is 1. The highest BCUT2D eigenvalue weighted by atomic mass is 16.5. The van der Waals surface area contributed by atoms with E-state index < -0.39 is 40.8 Å². The van der Waals surface area contributed by atoms with E-state index in [9.17, 15) is 30.0 Å². The number of phenols is 1. The zero-order chi connectivity index (χ0) is 32.8. The van der Waals surface area contributed by atoms with E-state index in [1.54, 1.807) is 19.0 Å². The average molecular weight is 638 g/mol. The number of β-amino-alcohol motifs (C(OH)–C–C–N with tert-alkyl or cyclic N) is 1. The van der Waals surface area contributed by atoms with Gasteiger partial charge in [-0.15, -0.1) is 0 Å². The lowest BCUT2D eigenvalue weighted by Crippen LogP contribution is -2.63. The van der Waals surface area contributed by atoms with Crippen LogP contribution in [0.1, 0.15) is 50.8 Å². The maximum Gasteiger partial charge on any atom is 0.265 e. The van der Waals surface area contributed by atoms with Crippen LogP contribution in [-0.2, 0) is 24.4 Å². The van der Waals surface area contributed by atoms with Crippen LogP contribution in [0.3, 0.4) is 0 Å². The Hall–Kier alpha value is -4.55. The van der Waals surface area contributed by atoms with Crippen LogP contribution >= 0.6 is 0 Å². The molecule has 11 nitrogen and oxygen atoms in total. The number of benzene rings is 3. The number of hydrogen-bond acceptors (Lipinski definition) is 11. The molecule has 0 unspecified atom stereocenters. The number of hydrogen-bond donors (Lipinski definition) is 4. The summed E-state index contributed by atoms with van der Waals surface area (Å²) in [6, 6.07) is 16.3. The number of carbonyl (C=O) groups excluding carboxylic acids is 2. The van der Waals surface area contributed by atoms with Crippen LogP contribution in [0.15, 0.2) is 64.7 Å². The molecule has 2 heterocycles. The molecule has 3 aromatic carbocycles. The zero-order valence-electron chi connectivity index (χ0n) is 26.0. The van der Waals surface area contributed by atoms with Crippen molar-refractivity contribution in [3.05, 3.63) is 93.7 Å². The molecule has 11 heteroatoms. The van der Waals surface area contributed by atoms with Gasteiger partial charge in [0.05, 0.1) is 17.7 Å². The first-order chi connectivity index (χ1) is 22.6. The third kappa shape index (κ3) is 4.45. The van der Waals surface area contributed by atoms with Crippen LogP contribution in [-0.4, -0.2) is 85.8 Å². The fourth-order valence-electron chi connectivity index (χ4n) is 8.09. The van der Waals surface area contributed by atoms with Crippen molar-refractivity contribution < 1.29 is 39.3 Å². The number of aromatic nitrogens is 1. The summed E-state index contributed by atoms with van der Waals surface area (Å²) in [4.78, 5) is 32.6. The van der Waals surface area contributed by atoms with E-state index in [2.05, 4.69) is 10.1 Å². The molecular formula is C36H35N3O8. The number of likely N-dealkylation sites (tertiary alicyclic amines) is 1. The molecule has 242 valence electrons. The Balaban J connectivity index is 1.19. The van der Waals surface area contributed by atoms with E-state index in [0.29, 0.717) is 37.0 Å². The van der Waals surface area contributed by atoms with Crippen molar-refractivity contribution in [2.75, 3.05) is 27.2 Å². The Labute approximate surface area is 270 Å². The van der Waals surface area contributed by atoms with E-state index in [4.69, 9.17) is 9.26 Å². The Morgan fingerprint density at radius 2 is 1.79 bits per heavy atom. The Bertz CT molecular complexity index is 1980. The standard InChI is InChI=1S/C36H35N3O8/c1-38(2)29-25-13-22-12-21-11-20-9-8-19(14-39-15-23(40)16-39)10-24(20)30(41)26(21)31(42)27(22)33(43)36(25,45)34(44)28-32(29)47-37-35(28)46-17-18-6-4-3-5-7-18/h3-11,22-23,25,29,40-42,45H,12-17H2,1-2H3/t22-,25-,29-,36-/m0/s1. The number of aliphatic hydroxyl groups excluding tert-OH is 2. The van der Waals surface area contributed by atoms with E-state index in [-0.39, 0.29) is 53.2 Å². The lowest BCUT2D eigenvalue weighted by Gasteiger charge is -2.49. The molecule has 0 amide bonds. The van der Waals surface area contributed by atoms with E-state index in [1.807, 2.05) is 54.6 Å². The van der Waals surface area contributed by atoms with Gasteiger partial charge in [0.15, 0.2) is 11.4 Å². The van der Waals surface area contributed by atoms with Crippen molar-refractivity contribution in [3.8, 4) is 11.6 Å². The molecule has 4 N–H and O–H groups in total. The molecule has 1 aliphatic heterocycles. The minimum atomic E-state index is -2.52. The van der Waals surface area contributed by atoms with Gasteiger partial charge in [0.25, 0.3) is 5.88 Å². The third-order valence-corrected chi connectivity index (χ3v) is 10.3. The Morgan fingerprint density at radius 3 is 2.51 bits per heavy atom. The number of phenolic OH excluding ortho intramolecular Hbond substituents is 1. The van der Waals surface area contributed by atoms with Gasteiger partial charge in [0.1, 0.15) is 23.7 Å². The Morgan fingerprint density at radius 1 is 1.02 bits per heavy atom. The number of carbonyl (C=O) groups is 2. The summed E-state index contributed by atoms with van der Waals surface area (Å²) in [5.74, 6) is -3.63. The summed E-state index contributed by atoms with van der Waals surface area (Å²) in [6.07, 6.45) is 0.200.